The van der Waals surface area contributed by atoms with E-state index in [2.05, 4.69) is 56.3 Å². The van der Waals surface area contributed by atoms with Crippen molar-refractivity contribution in [3.8, 4) is 0 Å². The molecule has 0 heteroatoms. The average Bonchev–Trinajstić information content (AvgIpc) is 2.39. The van der Waals surface area contributed by atoms with E-state index in [4.69, 9.17) is 0 Å². The van der Waals surface area contributed by atoms with Crippen molar-refractivity contribution in [3.05, 3.63) is 48.0 Å². The molecule has 0 amide bonds. The van der Waals surface area contributed by atoms with Crippen LogP contribution in [0.25, 0.3) is 10.8 Å². The van der Waals surface area contributed by atoms with Crippen LogP contribution in [0, 0.1) is 0 Å². The van der Waals surface area contributed by atoms with Crippen molar-refractivity contribution < 1.29 is 0 Å². The van der Waals surface area contributed by atoms with Gasteiger partial charge in [-0.25, -0.2) is 0 Å². The van der Waals surface area contributed by atoms with Crippen LogP contribution < -0.4 is 0 Å². The van der Waals surface area contributed by atoms with Crippen LogP contribution in [0.2, 0.25) is 0 Å². The van der Waals surface area contributed by atoms with Crippen molar-refractivity contribution in [3.63, 3.8) is 0 Å². The zero-order valence-corrected chi connectivity index (χ0v) is 10.9. The van der Waals surface area contributed by atoms with Gasteiger partial charge in [-0.1, -0.05) is 69.2 Å². The van der Waals surface area contributed by atoms with E-state index in [0.29, 0.717) is 0 Å². The Morgan fingerprint density at radius 3 is 2.41 bits per heavy atom. The molecule has 2 aromatic rings. The third-order valence-electron chi connectivity index (χ3n) is 3.64. The van der Waals surface area contributed by atoms with Crippen LogP contribution in [-0.4, -0.2) is 0 Å². The van der Waals surface area contributed by atoms with Gasteiger partial charge in [0.1, 0.15) is 0 Å². The summed E-state index contributed by atoms with van der Waals surface area (Å²) in [5.41, 5.74) is 1.51. The molecule has 17 heavy (non-hydrogen) atoms. The Morgan fingerprint density at radius 2 is 1.71 bits per heavy atom. The summed E-state index contributed by atoms with van der Waals surface area (Å²) >= 11 is 0. The first-order chi connectivity index (χ1) is 8.35. The van der Waals surface area contributed by atoms with Gasteiger partial charge in [0.2, 0.25) is 0 Å². The minimum atomic E-state index is 0.736. The largest absolute Gasteiger partial charge is 0.0654 e. The molecule has 0 bridgehead atoms. The highest BCUT2D eigenvalue weighted by atomic mass is 14.1. The average molecular weight is 226 g/mol. The lowest BCUT2D eigenvalue weighted by Crippen LogP contribution is -1.97. The second kappa shape index (κ2) is 5.86. The molecule has 0 fully saturated rings. The van der Waals surface area contributed by atoms with Gasteiger partial charge in [0.15, 0.2) is 0 Å². The maximum Gasteiger partial charge on any atom is -0.0164 e. The lowest BCUT2D eigenvalue weighted by Gasteiger charge is -2.15. The Morgan fingerprint density at radius 1 is 0.941 bits per heavy atom. The number of benzene rings is 2. The first-order valence-electron chi connectivity index (χ1n) is 6.83. The lowest BCUT2D eigenvalue weighted by molar-refractivity contribution is 0.570. The Hall–Kier alpha value is -1.30. The molecule has 0 spiro atoms. The minimum absolute atomic E-state index is 0.736. The Labute approximate surface area is 105 Å². The Bertz CT molecular complexity index is 470. The summed E-state index contributed by atoms with van der Waals surface area (Å²) in [5, 5.41) is 2.72. The van der Waals surface area contributed by atoms with Gasteiger partial charge >= 0.3 is 0 Å². The standard InChI is InChI=1S/C17H22/c1-3-5-8-14(4-2)17-12-11-15-9-6-7-10-16(15)13-17/h6-7,9-14H,3-5,8H2,1-2H3. The molecule has 90 valence electrons. The smallest absolute Gasteiger partial charge is 0.0164 e. The van der Waals surface area contributed by atoms with Crippen molar-refractivity contribution in [2.45, 2.75) is 45.4 Å². The topological polar surface area (TPSA) is 0 Å². The highest BCUT2D eigenvalue weighted by molar-refractivity contribution is 5.83. The number of hydrogen-bond donors (Lipinski definition) is 0. The van der Waals surface area contributed by atoms with Crippen LogP contribution in [0.4, 0.5) is 0 Å². The van der Waals surface area contributed by atoms with Crippen LogP contribution in [0.5, 0.6) is 0 Å². The van der Waals surface area contributed by atoms with E-state index in [1.165, 1.54) is 42.0 Å². The van der Waals surface area contributed by atoms with Crippen molar-refractivity contribution in [1.82, 2.24) is 0 Å². The molecule has 1 atom stereocenters. The third kappa shape index (κ3) is 2.88. The summed E-state index contributed by atoms with van der Waals surface area (Å²) in [6, 6.07) is 15.6. The molecule has 0 radical (unpaired) electrons. The van der Waals surface area contributed by atoms with Gasteiger partial charge in [0.25, 0.3) is 0 Å². The molecule has 0 heterocycles. The minimum Gasteiger partial charge on any atom is -0.0654 e. The second-order valence-electron chi connectivity index (χ2n) is 4.85. The first kappa shape index (κ1) is 12.2. The summed E-state index contributed by atoms with van der Waals surface area (Å²) in [5.74, 6) is 0.736. The zero-order chi connectivity index (χ0) is 12.1. The van der Waals surface area contributed by atoms with E-state index in [1.54, 1.807) is 0 Å². The normalized spacial score (nSPS) is 12.8. The molecular weight excluding hydrogens is 204 g/mol. The lowest BCUT2D eigenvalue weighted by atomic mass is 9.90. The molecule has 0 aliphatic rings. The van der Waals surface area contributed by atoms with Crippen LogP contribution in [-0.2, 0) is 0 Å². The second-order valence-corrected chi connectivity index (χ2v) is 4.85. The third-order valence-corrected chi connectivity index (χ3v) is 3.64. The molecule has 0 saturated carbocycles. The van der Waals surface area contributed by atoms with Gasteiger partial charge in [0.05, 0.1) is 0 Å². The molecule has 0 nitrogen and oxygen atoms in total. The summed E-state index contributed by atoms with van der Waals surface area (Å²) in [6.45, 7) is 4.57. The molecular formula is C17H22. The highest BCUT2D eigenvalue weighted by Crippen LogP contribution is 2.28. The summed E-state index contributed by atoms with van der Waals surface area (Å²) < 4.78 is 0. The molecule has 0 aromatic heterocycles. The molecule has 0 aliphatic carbocycles. The van der Waals surface area contributed by atoms with Gasteiger partial charge in [0, 0.05) is 0 Å². The van der Waals surface area contributed by atoms with E-state index >= 15 is 0 Å². The number of rotatable bonds is 5. The Kier molecular flexibility index (Phi) is 4.19. The van der Waals surface area contributed by atoms with Gasteiger partial charge in [-0.15, -0.1) is 0 Å². The van der Waals surface area contributed by atoms with Gasteiger partial charge in [-0.05, 0) is 35.1 Å². The van der Waals surface area contributed by atoms with Gasteiger partial charge in [-0.3, -0.25) is 0 Å². The molecule has 0 saturated heterocycles. The highest BCUT2D eigenvalue weighted by Gasteiger charge is 2.08. The monoisotopic (exact) mass is 226 g/mol. The molecule has 1 unspecified atom stereocenters. The number of hydrogen-bond acceptors (Lipinski definition) is 0. The maximum atomic E-state index is 2.37. The first-order valence-corrected chi connectivity index (χ1v) is 6.83. The molecule has 2 rings (SSSR count). The number of unbranched alkanes of at least 4 members (excludes halogenated alkanes) is 1. The van der Waals surface area contributed by atoms with Crippen LogP contribution in [0.1, 0.15) is 51.0 Å². The quantitative estimate of drug-likeness (QED) is 0.629. The van der Waals surface area contributed by atoms with E-state index in [1.807, 2.05) is 0 Å². The predicted octanol–water partition coefficient (Wildman–Crippen LogP) is 5.52. The molecule has 2 aromatic carbocycles. The predicted molar refractivity (Wildman–Crippen MR) is 76.5 cm³/mol. The van der Waals surface area contributed by atoms with E-state index in [9.17, 15) is 0 Å². The van der Waals surface area contributed by atoms with Crippen molar-refractivity contribution in [1.29, 1.82) is 0 Å². The van der Waals surface area contributed by atoms with Gasteiger partial charge in [-0.2, -0.15) is 0 Å². The van der Waals surface area contributed by atoms with E-state index < -0.39 is 0 Å². The molecule has 0 N–H and O–H groups in total. The van der Waals surface area contributed by atoms with Crippen LogP contribution in [0.3, 0.4) is 0 Å². The van der Waals surface area contributed by atoms with Crippen molar-refractivity contribution in [2.75, 3.05) is 0 Å². The van der Waals surface area contributed by atoms with Crippen LogP contribution >= 0.6 is 0 Å². The molecule has 0 aliphatic heterocycles. The van der Waals surface area contributed by atoms with E-state index in [0.717, 1.165) is 5.92 Å². The SMILES string of the molecule is CCCCC(CC)c1ccc2ccccc2c1. The Balaban J connectivity index is 2.27. The zero-order valence-electron chi connectivity index (χ0n) is 10.9. The summed E-state index contributed by atoms with van der Waals surface area (Å²) in [4.78, 5) is 0. The fraction of sp³-hybridized carbons (Fsp3) is 0.412. The maximum absolute atomic E-state index is 2.37. The van der Waals surface area contributed by atoms with E-state index in [-0.39, 0.29) is 0 Å². The number of fused-ring (bicyclic) bond motifs is 1. The van der Waals surface area contributed by atoms with Gasteiger partial charge < -0.3 is 0 Å². The fourth-order valence-electron chi connectivity index (χ4n) is 2.52. The fourth-order valence-corrected chi connectivity index (χ4v) is 2.52. The van der Waals surface area contributed by atoms with Crippen molar-refractivity contribution in [2.24, 2.45) is 0 Å². The van der Waals surface area contributed by atoms with Crippen LogP contribution in [0.15, 0.2) is 42.5 Å². The summed E-state index contributed by atoms with van der Waals surface area (Å²) in [6.07, 6.45) is 5.21. The summed E-state index contributed by atoms with van der Waals surface area (Å²) in [7, 11) is 0. The van der Waals surface area contributed by atoms with Crippen molar-refractivity contribution >= 4 is 10.8 Å².